The number of nitrogens with zero attached hydrogens (tertiary/aromatic N) is 2. The van der Waals surface area contributed by atoms with E-state index >= 15 is 0 Å². The van der Waals surface area contributed by atoms with E-state index in [0.717, 1.165) is 25.0 Å². The summed E-state index contributed by atoms with van der Waals surface area (Å²) in [7, 11) is 0. The predicted molar refractivity (Wildman–Crippen MR) is 77.9 cm³/mol. The molecule has 0 saturated carbocycles. The maximum absolute atomic E-state index is 6.31. The summed E-state index contributed by atoms with van der Waals surface area (Å²) in [4.78, 5) is 8.63. The Labute approximate surface area is 114 Å². The molecule has 19 heavy (non-hydrogen) atoms. The van der Waals surface area contributed by atoms with Gasteiger partial charge in [-0.1, -0.05) is 19.9 Å². The van der Waals surface area contributed by atoms with E-state index in [1.54, 1.807) is 0 Å². The number of nitrogens with two attached hydrogens (primary N) is 1. The summed E-state index contributed by atoms with van der Waals surface area (Å²) in [5, 5.41) is 0. The number of aromatic nitrogens is 2. The van der Waals surface area contributed by atoms with Crippen LogP contribution >= 0.6 is 0 Å². The molecule has 2 aromatic heterocycles. The van der Waals surface area contributed by atoms with Gasteiger partial charge in [-0.15, -0.1) is 0 Å². The van der Waals surface area contributed by atoms with E-state index in [9.17, 15) is 0 Å². The Bertz CT molecular complexity index is 520. The highest BCUT2D eigenvalue weighted by Crippen LogP contribution is 2.19. The van der Waals surface area contributed by atoms with Crippen molar-refractivity contribution in [1.82, 2.24) is 9.97 Å². The third-order valence-electron chi connectivity index (χ3n) is 3.44. The van der Waals surface area contributed by atoms with Crippen molar-refractivity contribution in [2.45, 2.75) is 39.2 Å². The summed E-state index contributed by atoms with van der Waals surface area (Å²) in [6, 6.07) is 6.20. The molecule has 0 aliphatic carbocycles. The molecule has 0 radical (unpaired) electrons. The van der Waals surface area contributed by atoms with Gasteiger partial charge >= 0.3 is 0 Å². The standard InChI is InChI=1S/C16H21N3/c1-3-12-5-6-14(19-10-12)9-16(17)15-7-8-18-11-13(15)4-2/h5-8,10-11,16H,3-4,9,17H2,1-2H3. The number of rotatable bonds is 5. The molecule has 0 aromatic carbocycles. The van der Waals surface area contributed by atoms with Gasteiger partial charge in [-0.2, -0.15) is 0 Å². The topological polar surface area (TPSA) is 51.8 Å². The van der Waals surface area contributed by atoms with Gasteiger partial charge in [0.25, 0.3) is 0 Å². The average Bonchev–Trinajstić information content (AvgIpc) is 2.48. The fraction of sp³-hybridized carbons (Fsp3) is 0.375. The molecule has 2 N–H and O–H groups in total. The number of hydrogen-bond acceptors (Lipinski definition) is 3. The van der Waals surface area contributed by atoms with Crippen molar-refractivity contribution in [3.63, 3.8) is 0 Å². The molecule has 1 atom stereocenters. The van der Waals surface area contributed by atoms with Crippen LogP contribution in [0.1, 0.15) is 42.3 Å². The minimum absolute atomic E-state index is 0.0158. The molecule has 0 amide bonds. The van der Waals surface area contributed by atoms with E-state index < -0.39 is 0 Å². The van der Waals surface area contributed by atoms with Crippen LogP contribution in [0.25, 0.3) is 0 Å². The monoisotopic (exact) mass is 255 g/mol. The van der Waals surface area contributed by atoms with Crippen LogP contribution in [0, 0.1) is 0 Å². The lowest BCUT2D eigenvalue weighted by atomic mass is 9.97. The van der Waals surface area contributed by atoms with Gasteiger partial charge in [-0.3, -0.25) is 9.97 Å². The molecule has 0 saturated heterocycles. The fourth-order valence-electron chi connectivity index (χ4n) is 2.22. The van der Waals surface area contributed by atoms with Crippen molar-refractivity contribution in [2.75, 3.05) is 0 Å². The summed E-state index contributed by atoms with van der Waals surface area (Å²) >= 11 is 0. The molecule has 2 rings (SSSR count). The van der Waals surface area contributed by atoms with Crippen LogP contribution in [0.5, 0.6) is 0 Å². The molecule has 3 nitrogen and oxygen atoms in total. The first kappa shape index (κ1) is 13.7. The van der Waals surface area contributed by atoms with Crippen LogP contribution in [0.2, 0.25) is 0 Å². The van der Waals surface area contributed by atoms with E-state index in [1.807, 2.05) is 24.7 Å². The maximum Gasteiger partial charge on any atom is 0.0422 e. The van der Waals surface area contributed by atoms with Crippen LogP contribution in [0.3, 0.4) is 0 Å². The molecule has 0 spiro atoms. The number of pyridine rings is 2. The van der Waals surface area contributed by atoms with Crippen molar-refractivity contribution >= 4 is 0 Å². The van der Waals surface area contributed by atoms with Gasteiger partial charge in [-0.25, -0.2) is 0 Å². The molecule has 0 aliphatic heterocycles. The maximum atomic E-state index is 6.31. The van der Waals surface area contributed by atoms with Gasteiger partial charge < -0.3 is 5.73 Å². The fourth-order valence-corrected chi connectivity index (χ4v) is 2.22. The zero-order valence-electron chi connectivity index (χ0n) is 11.6. The SMILES string of the molecule is CCc1ccc(CC(N)c2ccncc2CC)nc1. The van der Waals surface area contributed by atoms with E-state index in [4.69, 9.17) is 5.73 Å². The lowest BCUT2D eigenvalue weighted by Gasteiger charge is -2.15. The van der Waals surface area contributed by atoms with E-state index in [-0.39, 0.29) is 6.04 Å². The Kier molecular flexibility index (Phi) is 4.63. The van der Waals surface area contributed by atoms with Gasteiger partial charge in [0.1, 0.15) is 0 Å². The lowest BCUT2D eigenvalue weighted by Crippen LogP contribution is -2.16. The molecule has 2 aromatic rings. The van der Waals surface area contributed by atoms with Crippen LogP contribution in [-0.4, -0.2) is 9.97 Å². The zero-order chi connectivity index (χ0) is 13.7. The highest BCUT2D eigenvalue weighted by Gasteiger charge is 2.11. The lowest BCUT2D eigenvalue weighted by molar-refractivity contribution is 0.695. The highest BCUT2D eigenvalue weighted by atomic mass is 14.7. The first-order chi connectivity index (χ1) is 9.24. The van der Waals surface area contributed by atoms with E-state index in [0.29, 0.717) is 0 Å². The second kappa shape index (κ2) is 6.43. The summed E-state index contributed by atoms with van der Waals surface area (Å²) in [6.07, 6.45) is 8.39. The molecular formula is C16H21N3. The third kappa shape index (κ3) is 3.38. The van der Waals surface area contributed by atoms with Crippen molar-refractivity contribution in [3.8, 4) is 0 Å². The minimum atomic E-state index is -0.0158. The van der Waals surface area contributed by atoms with Crippen molar-refractivity contribution in [2.24, 2.45) is 5.73 Å². The second-order valence-corrected chi connectivity index (χ2v) is 4.75. The van der Waals surface area contributed by atoms with Crippen LogP contribution < -0.4 is 5.73 Å². The van der Waals surface area contributed by atoms with E-state index in [2.05, 4.69) is 35.9 Å². The first-order valence-corrected chi connectivity index (χ1v) is 6.86. The molecule has 3 heteroatoms. The molecule has 100 valence electrons. The Morgan fingerprint density at radius 2 is 1.95 bits per heavy atom. The molecule has 1 unspecified atom stereocenters. The van der Waals surface area contributed by atoms with Crippen molar-refractivity contribution in [1.29, 1.82) is 0 Å². The first-order valence-electron chi connectivity index (χ1n) is 6.86. The Morgan fingerprint density at radius 1 is 1.11 bits per heavy atom. The number of aryl methyl sites for hydroxylation is 2. The van der Waals surface area contributed by atoms with Crippen LogP contribution in [-0.2, 0) is 19.3 Å². The minimum Gasteiger partial charge on any atom is -0.324 e. The normalized spacial score (nSPS) is 12.4. The summed E-state index contributed by atoms with van der Waals surface area (Å²) in [5.41, 5.74) is 11.0. The quantitative estimate of drug-likeness (QED) is 0.893. The van der Waals surface area contributed by atoms with Gasteiger partial charge in [0, 0.05) is 36.7 Å². The van der Waals surface area contributed by atoms with Gasteiger partial charge in [-0.05, 0) is 41.7 Å². The Balaban J connectivity index is 2.13. The summed E-state index contributed by atoms with van der Waals surface area (Å²) in [6.45, 7) is 4.26. The van der Waals surface area contributed by atoms with Crippen molar-refractivity contribution < 1.29 is 0 Å². The zero-order valence-corrected chi connectivity index (χ0v) is 11.6. The Hall–Kier alpha value is -1.74. The largest absolute Gasteiger partial charge is 0.324 e. The van der Waals surface area contributed by atoms with Gasteiger partial charge in [0.05, 0.1) is 0 Å². The van der Waals surface area contributed by atoms with Crippen molar-refractivity contribution in [3.05, 3.63) is 59.2 Å². The second-order valence-electron chi connectivity index (χ2n) is 4.75. The predicted octanol–water partition coefficient (Wildman–Crippen LogP) is 2.84. The van der Waals surface area contributed by atoms with Gasteiger partial charge in [0.2, 0.25) is 0 Å². The highest BCUT2D eigenvalue weighted by molar-refractivity contribution is 5.28. The van der Waals surface area contributed by atoms with Crippen LogP contribution in [0.4, 0.5) is 0 Å². The summed E-state index contributed by atoms with van der Waals surface area (Å²) < 4.78 is 0. The van der Waals surface area contributed by atoms with Crippen LogP contribution in [0.15, 0.2) is 36.8 Å². The molecular weight excluding hydrogens is 234 g/mol. The molecule has 0 bridgehead atoms. The average molecular weight is 255 g/mol. The Morgan fingerprint density at radius 3 is 2.58 bits per heavy atom. The van der Waals surface area contributed by atoms with Gasteiger partial charge in [0.15, 0.2) is 0 Å². The summed E-state index contributed by atoms with van der Waals surface area (Å²) in [5.74, 6) is 0. The van der Waals surface area contributed by atoms with E-state index in [1.165, 1.54) is 16.7 Å². The third-order valence-corrected chi connectivity index (χ3v) is 3.44. The smallest absolute Gasteiger partial charge is 0.0422 e. The molecule has 0 aliphatic rings. The number of hydrogen-bond donors (Lipinski definition) is 1. The molecule has 2 heterocycles. The molecule has 0 fully saturated rings.